The molecule has 0 aliphatic carbocycles. The van der Waals surface area contributed by atoms with Crippen LogP contribution in [-0.4, -0.2) is 25.8 Å². The van der Waals surface area contributed by atoms with E-state index in [-0.39, 0.29) is 5.75 Å². The van der Waals surface area contributed by atoms with Crippen LogP contribution >= 0.6 is 10.7 Å². The summed E-state index contributed by atoms with van der Waals surface area (Å²) in [7, 11) is 1.68. The summed E-state index contributed by atoms with van der Waals surface area (Å²) in [6, 6.07) is 9.58. The lowest BCUT2D eigenvalue weighted by Gasteiger charge is -2.08. The van der Waals surface area contributed by atoms with Crippen LogP contribution < -0.4 is 4.74 Å². The maximum Gasteiger partial charge on any atom is 0.232 e. The minimum Gasteiger partial charge on any atom is -0.491 e. The fourth-order valence-electron chi connectivity index (χ4n) is 1.75. The number of halogens is 1. The summed E-state index contributed by atoms with van der Waals surface area (Å²) in [6.45, 7) is 2.21. The molecule has 6 heteroatoms. The number of pyridine rings is 1. The largest absolute Gasteiger partial charge is 0.491 e. The van der Waals surface area contributed by atoms with Gasteiger partial charge in [-0.05, 0) is 25.5 Å². The Hall–Kier alpha value is -1.33. The number of benzene rings is 1. The SMILES string of the molecule is Cc1ccc2cccc(OCCCS(=O)(=O)Cl)c2n1. The highest BCUT2D eigenvalue weighted by atomic mass is 35.7. The van der Waals surface area contributed by atoms with E-state index >= 15 is 0 Å². The van der Waals surface area contributed by atoms with E-state index in [1.165, 1.54) is 0 Å². The number of hydrogen-bond acceptors (Lipinski definition) is 4. The van der Waals surface area contributed by atoms with Gasteiger partial charge in [-0.1, -0.05) is 18.2 Å². The summed E-state index contributed by atoms with van der Waals surface area (Å²) in [6.07, 6.45) is 0.355. The molecule has 19 heavy (non-hydrogen) atoms. The fraction of sp³-hybridized carbons (Fsp3) is 0.308. The highest BCUT2D eigenvalue weighted by molar-refractivity contribution is 8.13. The first-order chi connectivity index (χ1) is 8.96. The third-order valence-corrected chi connectivity index (χ3v) is 3.85. The van der Waals surface area contributed by atoms with E-state index in [9.17, 15) is 8.42 Å². The van der Waals surface area contributed by atoms with Crippen LogP contribution in [0.5, 0.6) is 5.75 Å². The zero-order valence-corrected chi connectivity index (χ0v) is 12.0. The molecule has 0 aliphatic rings. The second-order valence-corrected chi connectivity index (χ2v) is 7.12. The minimum absolute atomic E-state index is 0.0915. The Bertz CT molecular complexity index is 685. The van der Waals surface area contributed by atoms with Crippen molar-refractivity contribution in [1.82, 2.24) is 4.98 Å². The quantitative estimate of drug-likeness (QED) is 0.629. The standard InChI is InChI=1S/C13H14ClNO3S/c1-10-6-7-11-4-2-5-12(13(11)15-10)18-8-3-9-19(14,16)17/h2,4-7H,3,8-9H2,1H3. The first-order valence-corrected chi connectivity index (χ1v) is 8.35. The van der Waals surface area contributed by atoms with Gasteiger partial charge in [0.2, 0.25) is 9.05 Å². The lowest BCUT2D eigenvalue weighted by atomic mass is 10.2. The molecule has 0 fully saturated rings. The molecule has 0 radical (unpaired) electrons. The van der Waals surface area contributed by atoms with E-state index in [0.29, 0.717) is 18.8 Å². The fourth-order valence-corrected chi connectivity index (χ4v) is 2.54. The van der Waals surface area contributed by atoms with Gasteiger partial charge >= 0.3 is 0 Å². The Morgan fingerprint density at radius 3 is 2.79 bits per heavy atom. The number of fused-ring (bicyclic) bond motifs is 1. The van der Waals surface area contributed by atoms with Gasteiger partial charge in [0.25, 0.3) is 0 Å². The van der Waals surface area contributed by atoms with Gasteiger partial charge in [-0.15, -0.1) is 0 Å². The van der Waals surface area contributed by atoms with Crippen LogP contribution in [0.4, 0.5) is 0 Å². The first kappa shape index (κ1) is 14.1. The Morgan fingerprint density at radius 2 is 2.05 bits per heavy atom. The lowest BCUT2D eigenvalue weighted by Crippen LogP contribution is -2.05. The van der Waals surface area contributed by atoms with E-state index in [0.717, 1.165) is 16.6 Å². The van der Waals surface area contributed by atoms with Crippen LogP contribution in [0, 0.1) is 6.92 Å². The summed E-state index contributed by atoms with van der Waals surface area (Å²) in [5.74, 6) is 0.569. The minimum atomic E-state index is -3.45. The van der Waals surface area contributed by atoms with E-state index in [1.807, 2.05) is 37.3 Å². The number of rotatable bonds is 5. The summed E-state index contributed by atoms with van der Waals surface area (Å²) >= 11 is 0. The zero-order chi connectivity index (χ0) is 13.9. The van der Waals surface area contributed by atoms with E-state index in [4.69, 9.17) is 15.4 Å². The van der Waals surface area contributed by atoms with Gasteiger partial charge in [0.1, 0.15) is 11.3 Å². The first-order valence-electron chi connectivity index (χ1n) is 5.87. The summed E-state index contributed by atoms with van der Waals surface area (Å²) in [5.41, 5.74) is 1.70. The number of para-hydroxylation sites is 1. The molecule has 102 valence electrons. The molecule has 0 amide bonds. The second-order valence-electron chi connectivity index (χ2n) is 4.23. The van der Waals surface area contributed by atoms with Crippen molar-refractivity contribution in [2.75, 3.05) is 12.4 Å². The Labute approximate surface area is 116 Å². The number of aromatic nitrogens is 1. The summed E-state index contributed by atoms with van der Waals surface area (Å²) < 4.78 is 27.2. The normalized spacial score (nSPS) is 11.7. The maximum absolute atomic E-state index is 10.8. The molecule has 0 spiro atoms. The second kappa shape index (κ2) is 5.75. The van der Waals surface area contributed by atoms with Crippen molar-refractivity contribution in [2.24, 2.45) is 0 Å². The molecule has 0 bridgehead atoms. The molecule has 0 atom stereocenters. The van der Waals surface area contributed by atoms with Gasteiger partial charge in [0.15, 0.2) is 0 Å². The van der Waals surface area contributed by atoms with Gasteiger partial charge in [0, 0.05) is 21.8 Å². The van der Waals surface area contributed by atoms with Crippen molar-refractivity contribution < 1.29 is 13.2 Å². The highest BCUT2D eigenvalue weighted by Gasteiger charge is 2.07. The van der Waals surface area contributed by atoms with Crippen molar-refractivity contribution in [2.45, 2.75) is 13.3 Å². The average Bonchev–Trinajstić information content (AvgIpc) is 2.33. The van der Waals surface area contributed by atoms with Gasteiger partial charge in [0.05, 0.1) is 12.4 Å². The van der Waals surface area contributed by atoms with Gasteiger partial charge < -0.3 is 4.74 Å². The predicted molar refractivity (Wildman–Crippen MR) is 76.2 cm³/mol. The smallest absolute Gasteiger partial charge is 0.232 e. The predicted octanol–water partition coefficient (Wildman–Crippen LogP) is 2.88. The number of hydrogen-bond donors (Lipinski definition) is 0. The molecule has 2 rings (SSSR count). The van der Waals surface area contributed by atoms with Gasteiger partial charge in [-0.25, -0.2) is 13.4 Å². The molecule has 1 aromatic heterocycles. The Morgan fingerprint density at radius 1 is 1.26 bits per heavy atom. The van der Waals surface area contributed by atoms with Crippen LogP contribution in [0.2, 0.25) is 0 Å². The summed E-state index contributed by atoms with van der Waals surface area (Å²) in [4.78, 5) is 4.43. The molecule has 0 aliphatic heterocycles. The van der Waals surface area contributed by atoms with Crippen LogP contribution in [0.1, 0.15) is 12.1 Å². The van der Waals surface area contributed by atoms with E-state index in [1.54, 1.807) is 0 Å². The van der Waals surface area contributed by atoms with Crippen molar-refractivity contribution >= 4 is 30.6 Å². The third kappa shape index (κ3) is 4.08. The molecule has 0 unspecified atom stereocenters. The Balaban J connectivity index is 2.10. The monoisotopic (exact) mass is 299 g/mol. The van der Waals surface area contributed by atoms with Crippen LogP contribution in [0.3, 0.4) is 0 Å². The van der Waals surface area contributed by atoms with Crippen molar-refractivity contribution in [1.29, 1.82) is 0 Å². The molecular formula is C13H14ClNO3S. The maximum atomic E-state index is 10.8. The van der Waals surface area contributed by atoms with E-state index < -0.39 is 9.05 Å². The molecule has 0 saturated heterocycles. The van der Waals surface area contributed by atoms with Crippen LogP contribution in [-0.2, 0) is 9.05 Å². The van der Waals surface area contributed by atoms with Crippen molar-refractivity contribution in [3.8, 4) is 5.75 Å². The molecule has 0 N–H and O–H groups in total. The molecule has 1 aromatic carbocycles. The molecular weight excluding hydrogens is 286 g/mol. The van der Waals surface area contributed by atoms with Crippen molar-refractivity contribution in [3.05, 3.63) is 36.0 Å². The average molecular weight is 300 g/mol. The summed E-state index contributed by atoms with van der Waals surface area (Å²) in [5, 5.41) is 0.994. The molecule has 0 saturated carbocycles. The molecule has 4 nitrogen and oxygen atoms in total. The number of ether oxygens (including phenoxy) is 1. The van der Waals surface area contributed by atoms with Gasteiger partial charge in [-0.3, -0.25) is 0 Å². The van der Waals surface area contributed by atoms with E-state index in [2.05, 4.69) is 4.98 Å². The van der Waals surface area contributed by atoms with Gasteiger partial charge in [-0.2, -0.15) is 0 Å². The van der Waals surface area contributed by atoms with Crippen molar-refractivity contribution in [3.63, 3.8) is 0 Å². The molecule has 1 heterocycles. The molecule has 2 aromatic rings. The number of aryl methyl sites for hydroxylation is 1. The third-order valence-electron chi connectivity index (χ3n) is 2.61. The highest BCUT2D eigenvalue weighted by Crippen LogP contribution is 2.24. The van der Waals surface area contributed by atoms with Crippen LogP contribution in [0.25, 0.3) is 10.9 Å². The zero-order valence-electron chi connectivity index (χ0n) is 10.5. The topological polar surface area (TPSA) is 56.3 Å². The number of nitrogens with zero attached hydrogens (tertiary/aromatic N) is 1. The lowest BCUT2D eigenvalue weighted by molar-refractivity contribution is 0.321. The Kier molecular flexibility index (Phi) is 4.27. The van der Waals surface area contributed by atoms with Crippen LogP contribution in [0.15, 0.2) is 30.3 Å².